The van der Waals surface area contributed by atoms with Crippen LogP contribution in [0.2, 0.25) is 0 Å². The van der Waals surface area contributed by atoms with E-state index in [0.29, 0.717) is 0 Å². The van der Waals surface area contributed by atoms with Crippen molar-refractivity contribution < 1.29 is 20.1 Å². The van der Waals surface area contributed by atoms with Crippen LogP contribution in [0.3, 0.4) is 0 Å². The van der Waals surface area contributed by atoms with E-state index >= 15 is 0 Å². The molecule has 0 saturated carbocycles. The Kier molecular flexibility index (Phi) is 7.85. The molecule has 3 unspecified atom stereocenters. The number of rotatable bonds is 9. The SMILES string of the molecule is C=CCCCCCC(C)C(O)C(O)C(=O)O. The number of aliphatic hydroxyl groups is 2. The fraction of sp³-hybridized carbons (Fsp3) is 0.750. The predicted molar refractivity (Wildman–Crippen MR) is 62.1 cm³/mol. The van der Waals surface area contributed by atoms with Crippen molar-refractivity contribution in [1.82, 2.24) is 0 Å². The summed E-state index contributed by atoms with van der Waals surface area (Å²) >= 11 is 0. The van der Waals surface area contributed by atoms with Gasteiger partial charge < -0.3 is 15.3 Å². The number of aliphatic hydroxyl groups excluding tert-OH is 2. The monoisotopic (exact) mass is 230 g/mol. The Morgan fingerprint density at radius 1 is 1.31 bits per heavy atom. The average molecular weight is 230 g/mol. The van der Waals surface area contributed by atoms with Gasteiger partial charge >= 0.3 is 5.97 Å². The lowest BCUT2D eigenvalue weighted by Crippen LogP contribution is -2.38. The summed E-state index contributed by atoms with van der Waals surface area (Å²) < 4.78 is 0. The van der Waals surface area contributed by atoms with Crippen molar-refractivity contribution in [3.8, 4) is 0 Å². The molecule has 4 nitrogen and oxygen atoms in total. The van der Waals surface area contributed by atoms with Gasteiger partial charge in [0, 0.05) is 0 Å². The number of unbranched alkanes of at least 4 members (excludes halogenated alkanes) is 3. The van der Waals surface area contributed by atoms with Gasteiger partial charge in [0.15, 0.2) is 6.10 Å². The van der Waals surface area contributed by atoms with Crippen LogP contribution in [-0.4, -0.2) is 33.5 Å². The zero-order valence-corrected chi connectivity index (χ0v) is 9.80. The van der Waals surface area contributed by atoms with Crippen LogP contribution < -0.4 is 0 Å². The minimum Gasteiger partial charge on any atom is -0.479 e. The highest BCUT2D eigenvalue weighted by atomic mass is 16.4. The third-order valence-corrected chi connectivity index (χ3v) is 2.73. The van der Waals surface area contributed by atoms with Gasteiger partial charge in [0.1, 0.15) is 0 Å². The molecule has 0 bridgehead atoms. The van der Waals surface area contributed by atoms with Crippen LogP contribution in [0.5, 0.6) is 0 Å². The van der Waals surface area contributed by atoms with Crippen LogP contribution >= 0.6 is 0 Å². The van der Waals surface area contributed by atoms with Crippen LogP contribution in [0.4, 0.5) is 0 Å². The summed E-state index contributed by atoms with van der Waals surface area (Å²) in [5.41, 5.74) is 0. The molecule has 0 rings (SSSR count). The zero-order valence-electron chi connectivity index (χ0n) is 9.80. The van der Waals surface area contributed by atoms with Crippen molar-refractivity contribution >= 4 is 5.97 Å². The number of hydrogen-bond acceptors (Lipinski definition) is 3. The predicted octanol–water partition coefficient (Wildman–Crippen LogP) is 1.57. The maximum absolute atomic E-state index is 10.4. The quantitative estimate of drug-likeness (QED) is 0.415. The molecule has 3 N–H and O–H groups in total. The normalized spacial score (nSPS) is 16.4. The first-order valence-corrected chi connectivity index (χ1v) is 5.70. The number of allylic oxidation sites excluding steroid dienone is 1. The summed E-state index contributed by atoms with van der Waals surface area (Å²) in [6.45, 7) is 5.38. The summed E-state index contributed by atoms with van der Waals surface area (Å²) in [5, 5.41) is 27.2. The van der Waals surface area contributed by atoms with E-state index in [-0.39, 0.29) is 5.92 Å². The van der Waals surface area contributed by atoms with E-state index in [9.17, 15) is 9.90 Å². The molecule has 0 aromatic carbocycles. The maximum Gasteiger partial charge on any atom is 0.335 e. The first-order valence-electron chi connectivity index (χ1n) is 5.70. The second-order valence-electron chi connectivity index (χ2n) is 4.18. The lowest BCUT2D eigenvalue weighted by molar-refractivity contribution is -0.154. The van der Waals surface area contributed by atoms with E-state index in [2.05, 4.69) is 6.58 Å². The van der Waals surface area contributed by atoms with Crippen molar-refractivity contribution in [3.05, 3.63) is 12.7 Å². The van der Waals surface area contributed by atoms with Crippen LogP contribution in [-0.2, 0) is 4.79 Å². The molecule has 0 radical (unpaired) electrons. The molecule has 0 aliphatic carbocycles. The van der Waals surface area contributed by atoms with E-state index in [1.165, 1.54) is 0 Å². The minimum absolute atomic E-state index is 0.199. The molecule has 0 saturated heterocycles. The molecule has 0 heterocycles. The number of carboxylic acid groups (broad SMARTS) is 1. The first kappa shape index (κ1) is 15.1. The summed E-state index contributed by atoms with van der Waals surface area (Å²) in [5.74, 6) is -1.57. The Morgan fingerprint density at radius 3 is 2.44 bits per heavy atom. The molecule has 0 aromatic rings. The first-order chi connectivity index (χ1) is 7.50. The molecule has 16 heavy (non-hydrogen) atoms. The second kappa shape index (κ2) is 8.30. The molecule has 94 valence electrons. The third-order valence-electron chi connectivity index (χ3n) is 2.73. The summed E-state index contributed by atoms with van der Waals surface area (Å²) in [6.07, 6.45) is 3.74. The fourth-order valence-corrected chi connectivity index (χ4v) is 1.56. The van der Waals surface area contributed by atoms with Gasteiger partial charge in [-0.2, -0.15) is 0 Å². The van der Waals surface area contributed by atoms with Gasteiger partial charge in [0.2, 0.25) is 0 Å². The average Bonchev–Trinajstić information content (AvgIpc) is 2.26. The highest BCUT2D eigenvalue weighted by molar-refractivity contribution is 5.72. The van der Waals surface area contributed by atoms with Gasteiger partial charge in [-0.3, -0.25) is 0 Å². The Hall–Kier alpha value is -0.870. The molecule has 0 amide bonds. The minimum atomic E-state index is -1.68. The van der Waals surface area contributed by atoms with Crippen molar-refractivity contribution in [2.75, 3.05) is 0 Å². The van der Waals surface area contributed by atoms with Crippen molar-refractivity contribution in [3.63, 3.8) is 0 Å². The number of carbonyl (C=O) groups is 1. The standard InChI is InChI=1S/C12H22O4/c1-3-4-5-6-7-8-9(2)10(13)11(14)12(15)16/h3,9-11,13-14H,1,4-8H2,2H3,(H,15,16). The molecule has 0 aliphatic rings. The molecule has 0 aliphatic heterocycles. The summed E-state index contributed by atoms with van der Waals surface area (Å²) in [6, 6.07) is 0. The van der Waals surface area contributed by atoms with Gasteiger partial charge in [-0.25, -0.2) is 4.79 Å². The van der Waals surface area contributed by atoms with Gasteiger partial charge in [-0.05, 0) is 25.2 Å². The molecule has 4 heteroatoms. The van der Waals surface area contributed by atoms with E-state index in [4.69, 9.17) is 10.2 Å². The molecule has 0 aromatic heterocycles. The van der Waals surface area contributed by atoms with Gasteiger partial charge in [0.25, 0.3) is 0 Å². The van der Waals surface area contributed by atoms with Gasteiger partial charge in [-0.15, -0.1) is 6.58 Å². The van der Waals surface area contributed by atoms with Gasteiger partial charge in [0.05, 0.1) is 6.10 Å². The molecule has 0 fully saturated rings. The molecule has 3 atom stereocenters. The highest BCUT2D eigenvalue weighted by Crippen LogP contribution is 2.16. The maximum atomic E-state index is 10.4. The van der Waals surface area contributed by atoms with E-state index in [0.717, 1.165) is 32.1 Å². The van der Waals surface area contributed by atoms with E-state index in [1.54, 1.807) is 6.92 Å². The van der Waals surface area contributed by atoms with Gasteiger partial charge in [-0.1, -0.05) is 25.8 Å². The molecule has 0 spiro atoms. The Morgan fingerprint density at radius 2 is 1.94 bits per heavy atom. The third kappa shape index (κ3) is 5.88. The Labute approximate surface area is 96.6 Å². The largest absolute Gasteiger partial charge is 0.479 e. The van der Waals surface area contributed by atoms with E-state index in [1.807, 2.05) is 6.08 Å². The van der Waals surface area contributed by atoms with Crippen molar-refractivity contribution in [1.29, 1.82) is 0 Å². The van der Waals surface area contributed by atoms with Crippen LogP contribution in [0.25, 0.3) is 0 Å². The highest BCUT2D eigenvalue weighted by Gasteiger charge is 2.27. The topological polar surface area (TPSA) is 77.8 Å². The second-order valence-corrected chi connectivity index (χ2v) is 4.18. The lowest BCUT2D eigenvalue weighted by Gasteiger charge is -2.21. The smallest absolute Gasteiger partial charge is 0.335 e. The van der Waals surface area contributed by atoms with Crippen LogP contribution in [0.15, 0.2) is 12.7 Å². The summed E-state index contributed by atoms with van der Waals surface area (Å²) in [4.78, 5) is 10.4. The summed E-state index contributed by atoms with van der Waals surface area (Å²) in [7, 11) is 0. The van der Waals surface area contributed by atoms with E-state index < -0.39 is 18.2 Å². The zero-order chi connectivity index (χ0) is 12.6. The van der Waals surface area contributed by atoms with Crippen LogP contribution in [0, 0.1) is 5.92 Å². The molecular weight excluding hydrogens is 208 g/mol. The van der Waals surface area contributed by atoms with Crippen LogP contribution in [0.1, 0.15) is 39.0 Å². The number of aliphatic carboxylic acids is 1. The van der Waals surface area contributed by atoms with Crippen molar-refractivity contribution in [2.45, 2.75) is 51.2 Å². The lowest BCUT2D eigenvalue weighted by atomic mass is 9.94. The number of hydrogen-bond donors (Lipinski definition) is 3. The fourth-order valence-electron chi connectivity index (χ4n) is 1.56. The van der Waals surface area contributed by atoms with Crippen molar-refractivity contribution in [2.24, 2.45) is 5.92 Å². The number of carboxylic acids is 1. The Bertz CT molecular complexity index is 215. The molecular formula is C12H22O4. The Balaban J connectivity index is 3.74.